The summed E-state index contributed by atoms with van der Waals surface area (Å²) >= 11 is 0. The summed E-state index contributed by atoms with van der Waals surface area (Å²) in [6, 6.07) is 12.6. The van der Waals surface area contributed by atoms with E-state index in [1.165, 1.54) is 75.3 Å². The molecular weight excluding hydrogens is 466 g/mol. The van der Waals surface area contributed by atoms with Crippen molar-refractivity contribution in [3.63, 3.8) is 0 Å². The third-order valence-corrected chi connectivity index (χ3v) is 7.51. The predicted molar refractivity (Wildman–Crippen MR) is 155 cm³/mol. The Kier molecular flexibility index (Phi) is 15.8. The molecular formula is C32H50FO2P. The molecule has 2 aromatic rings. The zero-order chi connectivity index (χ0) is 26.0. The van der Waals surface area contributed by atoms with Gasteiger partial charge in [-0.25, -0.2) is 0 Å². The zero-order valence-corrected chi connectivity index (χ0v) is 24.3. The van der Waals surface area contributed by atoms with E-state index >= 15 is 4.20 Å². The number of unbranched alkanes of at least 4 members (excludes halogenated alkanes) is 8. The van der Waals surface area contributed by atoms with E-state index in [0.29, 0.717) is 11.5 Å². The van der Waals surface area contributed by atoms with Crippen LogP contribution in [0.2, 0.25) is 0 Å². The molecule has 0 amide bonds. The number of hydrogen-bond donors (Lipinski definition) is 0. The minimum Gasteiger partial charge on any atom is -0.414 e. The number of rotatable bonds is 20. The number of halogens is 1. The molecule has 2 nitrogen and oxygen atoms in total. The van der Waals surface area contributed by atoms with Crippen LogP contribution in [0.15, 0.2) is 36.4 Å². The Hall–Kier alpha value is -1.60. The summed E-state index contributed by atoms with van der Waals surface area (Å²) in [6.45, 7) is 8.87. The number of hydrogen-bond acceptors (Lipinski definition) is 2. The predicted octanol–water partition coefficient (Wildman–Crippen LogP) is 11.3. The molecule has 0 aromatic heterocycles. The lowest BCUT2D eigenvalue weighted by Crippen LogP contribution is -2.00. The van der Waals surface area contributed by atoms with Crippen molar-refractivity contribution in [1.29, 1.82) is 0 Å². The van der Waals surface area contributed by atoms with E-state index in [1.807, 2.05) is 12.1 Å². The molecule has 0 radical (unpaired) electrons. The van der Waals surface area contributed by atoms with Crippen molar-refractivity contribution in [3.05, 3.63) is 58.7 Å². The average molecular weight is 517 g/mol. The van der Waals surface area contributed by atoms with Crippen molar-refractivity contribution < 1.29 is 13.2 Å². The lowest BCUT2D eigenvalue weighted by molar-refractivity contribution is 0.433. The third kappa shape index (κ3) is 11.6. The molecule has 0 saturated heterocycles. The molecule has 0 saturated carbocycles. The molecule has 0 spiro atoms. The maximum atomic E-state index is 15.2. The monoisotopic (exact) mass is 516 g/mol. The Morgan fingerprint density at radius 2 is 0.889 bits per heavy atom. The molecule has 0 bridgehead atoms. The van der Waals surface area contributed by atoms with Gasteiger partial charge in [-0.15, -0.1) is 4.20 Å². The Balaban J connectivity index is 2.12. The highest BCUT2D eigenvalue weighted by molar-refractivity contribution is 7.42. The Morgan fingerprint density at radius 1 is 0.528 bits per heavy atom. The molecule has 2 rings (SSSR count). The maximum absolute atomic E-state index is 15.2. The molecule has 2 aromatic carbocycles. The van der Waals surface area contributed by atoms with Gasteiger partial charge in [0.15, 0.2) is 0 Å². The fourth-order valence-corrected chi connectivity index (χ4v) is 5.31. The van der Waals surface area contributed by atoms with E-state index in [2.05, 4.69) is 52.0 Å². The SMILES string of the molecule is CCCCCc1ccc(OP(F)Oc2ccc(CCCCC)cc2CCCCC)c(CCCCC)c1. The average Bonchev–Trinajstić information content (AvgIpc) is 2.87. The molecule has 0 aliphatic heterocycles. The summed E-state index contributed by atoms with van der Waals surface area (Å²) in [5, 5.41) is 0. The second-order valence-electron chi connectivity index (χ2n) is 10.1. The molecule has 36 heavy (non-hydrogen) atoms. The quantitative estimate of drug-likeness (QED) is 0.129. The van der Waals surface area contributed by atoms with Gasteiger partial charge in [-0.1, -0.05) is 103 Å². The highest BCUT2D eigenvalue weighted by atomic mass is 31.2. The van der Waals surface area contributed by atoms with E-state index in [4.69, 9.17) is 9.05 Å². The standard InChI is InChI=1S/C32H50FO2P/c1-5-9-13-17-27-21-23-31(29(25-27)19-15-11-7-3)34-36(33)35-32-24-22-28(18-14-10-6-2)26-30(32)20-16-12-8-4/h21-26H,5-20H2,1-4H3. The Labute approximate surface area is 222 Å². The van der Waals surface area contributed by atoms with Gasteiger partial charge in [-0.3, -0.25) is 0 Å². The first-order valence-electron chi connectivity index (χ1n) is 14.7. The summed E-state index contributed by atoms with van der Waals surface area (Å²) in [4.78, 5) is 0. The van der Waals surface area contributed by atoms with Crippen molar-refractivity contribution in [2.24, 2.45) is 0 Å². The molecule has 0 unspecified atom stereocenters. The van der Waals surface area contributed by atoms with Gasteiger partial charge in [0.25, 0.3) is 0 Å². The van der Waals surface area contributed by atoms with Crippen molar-refractivity contribution in [1.82, 2.24) is 0 Å². The van der Waals surface area contributed by atoms with E-state index in [0.717, 1.165) is 49.7 Å². The fraction of sp³-hybridized carbons (Fsp3) is 0.625. The van der Waals surface area contributed by atoms with Gasteiger partial charge >= 0.3 is 8.69 Å². The lowest BCUT2D eigenvalue weighted by Gasteiger charge is -2.17. The lowest BCUT2D eigenvalue weighted by atomic mass is 10.0. The minimum absolute atomic E-state index is 0.641. The molecule has 202 valence electrons. The van der Waals surface area contributed by atoms with Crippen molar-refractivity contribution in [2.45, 2.75) is 130 Å². The van der Waals surface area contributed by atoms with Crippen LogP contribution in [-0.2, 0) is 25.7 Å². The van der Waals surface area contributed by atoms with Crippen LogP contribution in [-0.4, -0.2) is 0 Å². The van der Waals surface area contributed by atoms with Crippen LogP contribution >= 0.6 is 8.69 Å². The van der Waals surface area contributed by atoms with Crippen molar-refractivity contribution in [2.75, 3.05) is 0 Å². The molecule has 4 heteroatoms. The summed E-state index contributed by atoms with van der Waals surface area (Å²) in [5.41, 5.74) is 4.87. The van der Waals surface area contributed by atoms with Crippen LogP contribution in [0, 0.1) is 0 Å². The summed E-state index contributed by atoms with van der Waals surface area (Å²) in [6.07, 6.45) is 18.2. The van der Waals surface area contributed by atoms with Gasteiger partial charge in [0.2, 0.25) is 0 Å². The smallest absolute Gasteiger partial charge is 0.414 e. The van der Waals surface area contributed by atoms with Gasteiger partial charge in [0.05, 0.1) is 0 Å². The fourth-order valence-electron chi connectivity index (χ4n) is 4.61. The summed E-state index contributed by atoms with van der Waals surface area (Å²) in [5.74, 6) is 1.28. The Morgan fingerprint density at radius 3 is 1.25 bits per heavy atom. The topological polar surface area (TPSA) is 18.5 Å². The summed E-state index contributed by atoms with van der Waals surface area (Å²) in [7, 11) is -2.55. The van der Waals surface area contributed by atoms with E-state index < -0.39 is 8.69 Å². The largest absolute Gasteiger partial charge is 0.505 e. The van der Waals surface area contributed by atoms with Gasteiger partial charge < -0.3 is 9.05 Å². The minimum atomic E-state index is -2.55. The molecule has 0 aliphatic carbocycles. The van der Waals surface area contributed by atoms with Crippen LogP contribution in [0.5, 0.6) is 11.5 Å². The van der Waals surface area contributed by atoms with E-state index in [9.17, 15) is 0 Å². The van der Waals surface area contributed by atoms with Crippen LogP contribution in [0.1, 0.15) is 127 Å². The summed E-state index contributed by atoms with van der Waals surface area (Å²) < 4.78 is 26.9. The molecule has 0 aliphatic rings. The van der Waals surface area contributed by atoms with Crippen LogP contribution in [0.3, 0.4) is 0 Å². The zero-order valence-electron chi connectivity index (χ0n) is 23.4. The number of benzene rings is 2. The van der Waals surface area contributed by atoms with Gasteiger partial charge in [-0.05, 0) is 85.8 Å². The van der Waals surface area contributed by atoms with E-state index in [-0.39, 0.29) is 0 Å². The highest BCUT2D eigenvalue weighted by Gasteiger charge is 2.19. The van der Waals surface area contributed by atoms with Crippen LogP contribution in [0.25, 0.3) is 0 Å². The molecule has 0 heterocycles. The van der Waals surface area contributed by atoms with Gasteiger partial charge in [0, 0.05) is 0 Å². The molecule has 0 atom stereocenters. The third-order valence-electron chi connectivity index (χ3n) is 6.83. The number of aryl methyl sites for hydroxylation is 4. The van der Waals surface area contributed by atoms with E-state index in [1.54, 1.807) is 0 Å². The molecule has 0 fully saturated rings. The van der Waals surface area contributed by atoms with Crippen molar-refractivity contribution in [3.8, 4) is 11.5 Å². The van der Waals surface area contributed by atoms with Crippen molar-refractivity contribution >= 4 is 8.69 Å². The normalized spacial score (nSPS) is 11.3. The van der Waals surface area contributed by atoms with Crippen LogP contribution in [0.4, 0.5) is 4.20 Å². The van der Waals surface area contributed by atoms with Gasteiger partial charge in [0.1, 0.15) is 11.5 Å². The highest BCUT2D eigenvalue weighted by Crippen LogP contribution is 2.44. The maximum Gasteiger partial charge on any atom is 0.505 e. The van der Waals surface area contributed by atoms with Crippen LogP contribution < -0.4 is 9.05 Å². The first-order valence-corrected chi connectivity index (χ1v) is 15.7. The van der Waals surface area contributed by atoms with Gasteiger partial charge in [-0.2, -0.15) is 0 Å². The second kappa shape index (κ2) is 18.6. The Bertz CT molecular complexity index is 785. The second-order valence-corrected chi connectivity index (χ2v) is 10.9. The first kappa shape index (κ1) is 30.6. The molecule has 0 N–H and O–H groups in total. The first-order chi connectivity index (χ1) is 17.6.